The highest BCUT2D eigenvalue weighted by atomic mass is 16.5. The molecular formula is C16H32N2O2. The standard InChI is InChI=1S/C16H32N2O2/c1-14(2)11-16(18-5-9-20-10-6-18)13-17-12-15-3-7-19-8-4-15/h14-17H,3-13H2,1-2H3. The number of rotatable bonds is 7. The van der Waals surface area contributed by atoms with Crippen LogP contribution in [0.5, 0.6) is 0 Å². The molecule has 0 spiro atoms. The Hall–Kier alpha value is -0.160. The molecule has 0 aromatic heterocycles. The number of hydrogen-bond acceptors (Lipinski definition) is 4. The molecule has 4 heteroatoms. The van der Waals surface area contributed by atoms with Crippen molar-refractivity contribution in [2.75, 3.05) is 52.6 Å². The second-order valence-electron chi connectivity index (χ2n) is 6.65. The van der Waals surface area contributed by atoms with Crippen molar-refractivity contribution in [1.29, 1.82) is 0 Å². The second-order valence-corrected chi connectivity index (χ2v) is 6.65. The van der Waals surface area contributed by atoms with E-state index in [2.05, 4.69) is 24.1 Å². The van der Waals surface area contributed by atoms with E-state index in [1.54, 1.807) is 0 Å². The van der Waals surface area contributed by atoms with Crippen LogP contribution in [0.3, 0.4) is 0 Å². The van der Waals surface area contributed by atoms with Gasteiger partial charge >= 0.3 is 0 Å². The molecule has 1 atom stereocenters. The van der Waals surface area contributed by atoms with Crippen molar-refractivity contribution in [2.45, 2.75) is 39.2 Å². The maximum atomic E-state index is 5.48. The first-order valence-electron chi connectivity index (χ1n) is 8.36. The molecule has 0 bridgehead atoms. The molecule has 0 aliphatic carbocycles. The predicted molar refractivity (Wildman–Crippen MR) is 82.0 cm³/mol. The molecule has 2 aliphatic heterocycles. The first-order valence-corrected chi connectivity index (χ1v) is 8.36. The average Bonchev–Trinajstić information content (AvgIpc) is 2.48. The van der Waals surface area contributed by atoms with Crippen molar-refractivity contribution in [1.82, 2.24) is 10.2 Å². The largest absolute Gasteiger partial charge is 0.381 e. The second kappa shape index (κ2) is 8.98. The summed E-state index contributed by atoms with van der Waals surface area (Å²) < 4.78 is 10.9. The highest BCUT2D eigenvalue weighted by Gasteiger charge is 2.22. The van der Waals surface area contributed by atoms with E-state index >= 15 is 0 Å². The predicted octanol–water partition coefficient (Wildman–Crippen LogP) is 1.75. The molecule has 0 saturated carbocycles. The van der Waals surface area contributed by atoms with E-state index in [1.165, 1.54) is 19.3 Å². The van der Waals surface area contributed by atoms with Gasteiger partial charge in [-0.3, -0.25) is 4.90 Å². The molecule has 1 unspecified atom stereocenters. The number of morpholine rings is 1. The van der Waals surface area contributed by atoms with E-state index in [0.717, 1.165) is 64.4 Å². The van der Waals surface area contributed by atoms with Gasteiger partial charge in [-0.1, -0.05) is 13.8 Å². The third kappa shape index (κ3) is 5.68. The van der Waals surface area contributed by atoms with Crippen molar-refractivity contribution < 1.29 is 9.47 Å². The van der Waals surface area contributed by atoms with Crippen LogP contribution in [0.15, 0.2) is 0 Å². The summed E-state index contributed by atoms with van der Waals surface area (Å²) in [6, 6.07) is 0.666. The van der Waals surface area contributed by atoms with E-state index in [-0.39, 0.29) is 0 Å². The SMILES string of the molecule is CC(C)CC(CNCC1CCOCC1)N1CCOCC1. The minimum atomic E-state index is 0.666. The first-order chi connectivity index (χ1) is 9.75. The molecular weight excluding hydrogens is 252 g/mol. The van der Waals surface area contributed by atoms with Crippen molar-refractivity contribution in [2.24, 2.45) is 11.8 Å². The highest BCUT2D eigenvalue weighted by molar-refractivity contribution is 4.78. The number of ether oxygens (including phenoxy) is 2. The molecule has 0 aromatic carbocycles. The summed E-state index contributed by atoms with van der Waals surface area (Å²) in [6.07, 6.45) is 3.72. The lowest BCUT2D eigenvalue weighted by Crippen LogP contribution is -2.49. The molecule has 2 heterocycles. The molecule has 4 nitrogen and oxygen atoms in total. The van der Waals surface area contributed by atoms with Crippen molar-refractivity contribution in [3.8, 4) is 0 Å². The topological polar surface area (TPSA) is 33.7 Å². The van der Waals surface area contributed by atoms with Gasteiger partial charge in [0, 0.05) is 38.9 Å². The molecule has 0 amide bonds. The van der Waals surface area contributed by atoms with Crippen LogP contribution in [-0.4, -0.2) is 63.5 Å². The van der Waals surface area contributed by atoms with Gasteiger partial charge in [0.2, 0.25) is 0 Å². The summed E-state index contributed by atoms with van der Waals surface area (Å²) >= 11 is 0. The summed E-state index contributed by atoms with van der Waals surface area (Å²) in [6.45, 7) is 12.8. The summed E-state index contributed by atoms with van der Waals surface area (Å²) in [5, 5.41) is 3.72. The lowest BCUT2D eigenvalue weighted by atomic mass is 9.99. The maximum Gasteiger partial charge on any atom is 0.0594 e. The van der Waals surface area contributed by atoms with Gasteiger partial charge in [-0.25, -0.2) is 0 Å². The van der Waals surface area contributed by atoms with Gasteiger partial charge in [-0.15, -0.1) is 0 Å². The quantitative estimate of drug-likeness (QED) is 0.772. The summed E-state index contributed by atoms with van der Waals surface area (Å²) in [4.78, 5) is 2.61. The maximum absolute atomic E-state index is 5.48. The van der Waals surface area contributed by atoms with Crippen LogP contribution in [-0.2, 0) is 9.47 Å². The summed E-state index contributed by atoms with van der Waals surface area (Å²) in [5.41, 5.74) is 0. The van der Waals surface area contributed by atoms with Crippen LogP contribution in [0, 0.1) is 11.8 Å². The summed E-state index contributed by atoms with van der Waals surface area (Å²) in [5.74, 6) is 1.57. The van der Waals surface area contributed by atoms with Gasteiger partial charge in [-0.05, 0) is 37.6 Å². The van der Waals surface area contributed by atoms with Gasteiger partial charge in [0.1, 0.15) is 0 Å². The van der Waals surface area contributed by atoms with Crippen molar-refractivity contribution in [3.63, 3.8) is 0 Å². The molecule has 2 rings (SSSR count). The zero-order chi connectivity index (χ0) is 14.2. The molecule has 0 radical (unpaired) electrons. The Morgan fingerprint density at radius 3 is 2.35 bits per heavy atom. The smallest absolute Gasteiger partial charge is 0.0594 e. The third-order valence-corrected chi connectivity index (χ3v) is 4.46. The number of hydrogen-bond donors (Lipinski definition) is 1. The van der Waals surface area contributed by atoms with Crippen LogP contribution in [0.1, 0.15) is 33.1 Å². The van der Waals surface area contributed by atoms with E-state index in [1.807, 2.05) is 0 Å². The van der Waals surface area contributed by atoms with Gasteiger partial charge < -0.3 is 14.8 Å². The normalized spacial score (nSPS) is 24.1. The Balaban J connectivity index is 1.71. The summed E-state index contributed by atoms with van der Waals surface area (Å²) in [7, 11) is 0. The number of nitrogens with zero attached hydrogens (tertiary/aromatic N) is 1. The average molecular weight is 284 g/mol. The van der Waals surface area contributed by atoms with Crippen LogP contribution in [0.2, 0.25) is 0 Å². The van der Waals surface area contributed by atoms with E-state index in [9.17, 15) is 0 Å². The Morgan fingerprint density at radius 1 is 1.05 bits per heavy atom. The van der Waals surface area contributed by atoms with Gasteiger partial charge in [0.25, 0.3) is 0 Å². The molecule has 118 valence electrons. The first kappa shape index (κ1) is 16.2. The van der Waals surface area contributed by atoms with E-state index in [0.29, 0.717) is 6.04 Å². The zero-order valence-corrected chi connectivity index (χ0v) is 13.3. The molecule has 2 fully saturated rings. The minimum Gasteiger partial charge on any atom is -0.381 e. The van der Waals surface area contributed by atoms with Crippen LogP contribution in [0.4, 0.5) is 0 Å². The van der Waals surface area contributed by atoms with Gasteiger partial charge in [-0.2, -0.15) is 0 Å². The van der Waals surface area contributed by atoms with E-state index < -0.39 is 0 Å². The molecule has 2 aliphatic rings. The molecule has 1 N–H and O–H groups in total. The Labute approximate surface area is 124 Å². The monoisotopic (exact) mass is 284 g/mol. The fourth-order valence-electron chi connectivity index (χ4n) is 3.25. The Morgan fingerprint density at radius 2 is 1.70 bits per heavy atom. The minimum absolute atomic E-state index is 0.666. The van der Waals surface area contributed by atoms with Crippen LogP contribution < -0.4 is 5.32 Å². The fourth-order valence-corrected chi connectivity index (χ4v) is 3.25. The molecule has 2 saturated heterocycles. The highest BCUT2D eigenvalue weighted by Crippen LogP contribution is 2.15. The number of nitrogens with one attached hydrogen (secondary N) is 1. The van der Waals surface area contributed by atoms with Crippen molar-refractivity contribution >= 4 is 0 Å². The van der Waals surface area contributed by atoms with Crippen LogP contribution in [0.25, 0.3) is 0 Å². The lowest BCUT2D eigenvalue weighted by molar-refractivity contribution is 0.0116. The Bertz CT molecular complexity index is 249. The molecule has 0 aromatic rings. The molecule has 20 heavy (non-hydrogen) atoms. The van der Waals surface area contributed by atoms with Crippen LogP contribution >= 0.6 is 0 Å². The van der Waals surface area contributed by atoms with Crippen molar-refractivity contribution in [3.05, 3.63) is 0 Å². The fraction of sp³-hybridized carbons (Fsp3) is 1.00. The lowest BCUT2D eigenvalue weighted by Gasteiger charge is -2.36. The zero-order valence-electron chi connectivity index (χ0n) is 13.3. The van der Waals surface area contributed by atoms with Gasteiger partial charge in [0.05, 0.1) is 13.2 Å². The van der Waals surface area contributed by atoms with E-state index in [4.69, 9.17) is 9.47 Å². The third-order valence-electron chi connectivity index (χ3n) is 4.46. The Kier molecular flexibility index (Phi) is 7.28. The van der Waals surface area contributed by atoms with Gasteiger partial charge in [0.15, 0.2) is 0 Å².